The minimum absolute atomic E-state index is 0.261. The van der Waals surface area contributed by atoms with E-state index < -0.39 is 0 Å². The second kappa shape index (κ2) is 4.87. The zero-order valence-corrected chi connectivity index (χ0v) is 9.83. The molecule has 0 saturated heterocycles. The lowest BCUT2D eigenvalue weighted by atomic mass is 10.2. The Hall–Kier alpha value is -2.03. The summed E-state index contributed by atoms with van der Waals surface area (Å²) in [4.78, 5) is 0. The van der Waals surface area contributed by atoms with E-state index in [2.05, 4.69) is 5.32 Å². The van der Waals surface area contributed by atoms with Crippen molar-refractivity contribution < 1.29 is 9.13 Å². The van der Waals surface area contributed by atoms with Gasteiger partial charge >= 0.3 is 0 Å². The normalized spacial score (nSPS) is 10.1. The zero-order chi connectivity index (χ0) is 12.3. The summed E-state index contributed by atoms with van der Waals surface area (Å²) in [5.74, 6) is 0.532. The monoisotopic (exact) mass is 231 g/mol. The molecule has 2 aromatic carbocycles. The Bertz CT molecular complexity index is 525. The lowest BCUT2D eigenvalue weighted by Crippen LogP contribution is -1.96. The fraction of sp³-hybridized carbons (Fsp3) is 0.143. The minimum atomic E-state index is -0.261. The molecule has 0 aliphatic carbocycles. The van der Waals surface area contributed by atoms with Crippen LogP contribution >= 0.6 is 0 Å². The van der Waals surface area contributed by atoms with Gasteiger partial charge in [0.2, 0.25) is 0 Å². The predicted octanol–water partition coefficient (Wildman–Crippen LogP) is 3.89. The van der Waals surface area contributed by atoms with Crippen molar-refractivity contribution in [2.45, 2.75) is 6.92 Å². The highest BCUT2D eigenvalue weighted by atomic mass is 19.1. The quantitative estimate of drug-likeness (QED) is 0.865. The Morgan fingerprint density at radius 2 is 1.82 bits per heavy atom. The van der Waals surface area contributed by atoms with Crippen molar-refractivity contribution in [1.82, 2.24) is 0 Å². The van der Waals surface area contributed by atoms with Crippen molar-refractivity contribution in [3.63, 3.8) is 0 Å². The van der Waals surface area contributed by atoms with Crippen LogP contribution in [0.1, 0.15) is 5.56 Å². The van der Waals surface area contributed by atoms with Crippen LogP contribution in [0, 0.1) is 12.7 Å². The van der Waals surface area contributed by atoms with Crippen LogP contribution in [0.5, 0.6) is 5.75 Å². The SMILES string of the molecule is COc1ccc(Nc2ccccc2F)c(C)c1. The van der Waals surface area contributed by atoms with Crippen LogP contribution in [0.3, 0.4) is 0 Å². The van der Waals surface area contributed by atoms with Crippen molar-refractivity contribution in [2.24, 2.45) is 0 Å². The number of hydrogen-bond donors (Lipinski definition) is 1. The van der Waals surface area contributed by atoms with Crippen LogP contribution < -0.4 is 10.1 Å². The number of ether oxygens (including phenoxy) is 1. The van der Waals surface area contributed by atoms with Gasteiger partial charge in [0.1, 0.15) is 11.6 Å². The lowest BCUT2D eigenvalue weighted by Gasteiger charge is -2.11. The first-order valence-electron chi connectivity index (χ1n) is 5.37. The Morgan fingerprint density at radius 3 is 2.47 bits per heavy atom. The van der Waals surface area contributed by atoms with Crippen LogP contribution in [0.2, 0.25) is 0 Å². The summed E-state index contributed by atoms with van der Waals surface area (Å²) in [7, 11) is 1.62. The first-order chi connectivity index (χ1) is 8.20. The molecule has 0 radical (unpaired) electrons. The molecule has 0 amide bonds. The topological polar surface area (TPSA) is 21.3 Å². The van der Waals surface area contributed by atoms with Crippen LogP contribution in [-0.4, -0.2) is 7.11 Å². The van der Waals surface area contributed by atoms with Gasteiger partial charge < -0.3 is 10.1 Å². The number of para-hydroxylation sites is 1. The molecule has 0 saturated carbocycles. The van der Waals surface area contributed by atoms with Gasteiger partial charge in [0.05, 0.1) is 12.8 Å². The van der Waals surface area contributed by atoms with Crippen molar-refractivity contribution in [3.8, 4) is 5.75 Å². The first kappa shape index (κ1) is 11.5. The molecule has 0 heterocycles. The maximum absolute atomic E-state index is 13.5. The van der Waals surface area contributed by atoms with Crippen molar-refractivity contribution in [3.05, 3.63) is 53.8 Å². The molecule has 2 rings (SSSR count). The van der Waals surface area contributed by atoms with E-state index in [0.29, 0.717) is 5.69 Å². The highest BCUT2D eigenvalue weighted by Gasteiger charge is 2.04. The van der Waals surface area contributed by atoms with E-state index in [4.69, 9.17) is 4.74 Å². The highest BCUT2D eigenvalue weighted by molar-refractivity contribution is 5.64. The van der Waals surface area contributed by atoms with Gasteiger partial charge in [0.15, 0.2) is 0 Å². The molecular formula is C14H14FNO. The van der Waals surface area contributed by atoms with Crippen molar-refractivity contribution >= 4 is 11.4 Å². The molecule has 0 unspecified atom stereocenters. The number of hydrogen-bond acceptors (Lipinski definition) is 2. The number of aryl methyl sites for hydroxylation is 1. The van der Waals surface area contributed by atoms with Crippen LogP contribution in [0.15, 0.2) is 42.5 Å². The van der Waals surface area contributed by atoms with E-state index in [1.54, 1.807) is 25.3 Å². The maximum atomic E-state index is 13.5. The summed E-state index contributed by atoms with van der Waals surface area (Å²) in [5, 5.41) is 3.06. The fourth-order valence-corrected chi connectivity index (χ4v) is 1.61. The Balaban J connectivity index is 2.28. The summed E-state index contributed by atoms with van der Waals surface area (Å²) in [6.45, 7) is 1.95. The largest absolute Gasteiger partial charge is 0.497 e. The minimum Gasteiger partial charge on any atom is -0.497 e. The maximum Gasteiger partial charge on any atom is 0.146 e. The van der Waals surface area contributed by atoms with E-state index in [9.17, 15) is 4.39 Å². The van der Waals surface area contributed by atoms with Gasteiger partial charge in [-0.25, -0.2) is 4.39 Å². The Labute approximate surface area is 100 Å². The van der Waals surface area contributed by atoms with E-state index in [-0.39, 0.29) is 5.82 Å². The number of nitrogens with one attached hydrogen (secondary N) is 1. The molecule has 2 aromatic rings. The summed E-state index contributed by atoms with van der Waals surface area (Å²) in [6, 6.07) is 12.2. The van der Waals surface area contributed by atoms with Gasteiger partial charge in [0, 0.05) is 5.69 Å². The van der Waals surface area contributed by atoms with E-state index in [0.717, 1.165) is 17.0 Å². The number of methoxy groups -OCH3 is 1. The average Bonchev–Trinajstić information content (AvgIpc) is 2.34. The molecular weight excluding hydrogens is 217 g/mol. The fourth-order valence-electron chi connectivity index (χ4n) is 1.61. The molecule has 0 aliphatic rings. The van der Waals surface area contributed by atoms with Crippen molar-refractivity contribution in [2.75, 3.05) is 12.4 Å². The molecule has 88 valence electrons. The number of anilines is 2. The van der Waals surface area contributed by atoms with Gasteiger partial charge in [-0.1, -0.05) is 12.1 Å². The molecule has 0 atom stereocenters. The highest BCUT2D eigenvalue weighted by Crippen LogP contribution is 2.25. The van der Waals surface area contributed by atoms with Gasteiger partial charge in [-0.05, 0) is 42.8 Å². The summed E-state index contributed by atoms with van der Waals surface area (Å²) < 4.78 is 18.6. The molecule has 0 aliphatic heterocycles. The molecule has 1 N–H and O–H groups in total. The third-order valence-corrected chi connectivity index (χ3v) is 2.58. The van der Waals surface area contributed by atoms with Crippen LogP contribution in [0.4, 0.5) is 15.8 Å². The van der Waals surface area contributed by atoms with E-state index in [1.807, 2.05) is 25.1 Å². The molecule has 3 heteroatoms. The van der Waals surface area contributed by atoms with Gasteiger partial charge in [-0.15, -0.1) is 0 Å². The molecule has 0 fully saturated rings. The van der Waals surface area contributed by atoms with Crippen molar-refractivity contribution in [1.29, 1.82) is 0 Å². The zero-order valence-electron chi connectivity index (χ0n) is 9.83. The molecule has 0 bridgehead atoms. The van der Waals surface area contributed by atoms with E-state index in [1.165, 1.54) is 6.07 Å². The smallest absolute Gasteiger partial charge is 0.146 e. The third-order valence-electron chi connectivity index (χ3n) is 2.58. The molecule has 0 spiro atoms. The molecule has 17 heavy (non-hydrogen) atoms. The van der Waals surface area contributed by atoms with Crippen LogP contribution in [0.25, 0.3) is 0 Å². The first-order valence-corrected chi connectivity index (χ1v) is 5.37. The Morgan fingerprint density at radius 1 is 1.06 bits per heavy atom. The predicted molar refractivity (Wildman–Crippen MR) is 67.4 cm³/mol. The Kier molecular flexibility index (Phi) is 3.28. The molecule has 2 nitrogen and oxygen atoms in total. The number of benzene rings is 2. The summed E-state index contributed by atoms with van der Waals surface area (Å²) in [5.41, 5.74) is 2.35. The standard InChI is InChI=1S/C14H14FNO/c1-10-9-11(17-2)7-8-13(10)16-14-6-4-3-5-12(14)15/h3-9,16H,1-2H3. The second-order valence-electron chi connectivity index (χ2n) is 3.79. The molecule has 0 aromatic heterocycles. The third kappa shape index (κ3) is 2.56. The summed E-state index contributed by atoms with van der Waals surface area (Å²) in [6.07, 6.45) is 0. The second-order valence-corrected chi connectivity index (χ2v) is 3.79. The van der Waals surface area contributed by atoms with Crippen LogP contribution in [-0.2, 0) is 0 Å². The lowest BCUT2D eigenvalue weighted by molar-refractivity contribution is 0.414. The van der Waals surface area contributed by atoms with Gasteiger partial charge in [-0.2, -0.15) is 0 Å². The van der Waals surface area contributed by atoms with E-state index >= 15 is 0 Å². The number of halogens is 1. The number of rotatable bonds is 3. The van der Waals surface area contributed by atoms with Gasteiger partial charge in [-0.3, -0.25) is 0 Å². The van der Waals surface area contributed by atoms with Gasteiger partial charge in [0.25, 0.3) is 0 Å². The summed E-state index contributed by atoms with van der Waals surface area (Å²) >= 11 is 0. The average molecular weight is 231 g/mol.